The van der Waals surface area contributed by atoms with E-state index in [0.29, 0.717) is 47.4 Å². The molecule has 2 saturated carbocycles. The summed E-state index contributed by atoms with van der Waals surface area (Å²) < 4.78 is 46.3. The number of rotatable bonds is 10. The van der Waals surface area contributed by atoms with Gasteiger partial charge in [0.1, 0.15) is 40.9 Å². The van der Waals surface area contributed by atoms with Crippen molar-refractivity contribution >= 4 is 38.9 Å². The van der Waals surface area contributed by atoms with Gasteiger partial charge in [0, 0.05) is 35.4 Å². The molecule has 13 heteroatoms. The van der Waals surface area contributed by atoms with Gasteiger partial charge in [-0.3, -0.25) is 9.69 Å². The van der Waals surface area contributed by atoms with Crippen molar-refractivity contribution < 1.29 is 37.0 Å². The van der Waals surface area contributed by atoms with Crippen LogP contribution in [0.4, 0.5) is 4.79 Å². The third-order valence-corrected chi connectivity index (χ3v) is 10.8. The summed E-state index contributed by atoms with van der Waals surface area (Å²) in [5.41, 5.74) is -0.137. The second kappa shape index (κ2) is 12.5. The zero-order chi connectivity index (χ0) is 34.4. The van der Waals surface area contributed by atoms with Crippen LogP contribution in [-0.2, 0) is 24.3 Å². The number of hydrogen-bond acceptors (Lipinski definition) is 9. The van der Waals surface area contributed by atoms with Crippen LogP contribution in [0.5, 0.6) is 11.5 Å². The highest BCUT2D eigenvalue weighted by molar-refractivity contribution is 7.90. The van der Waals surface area contributed by atoms with Crippen LogP contribution in [0.25, 0.3) is 22.2 Å². The van der Waals surface area contributed by atoms with E-state index in [0.717, 1.165) is 5.56 Å². The van der Waals surface area contributed by atoms with Gasteiger partial charge in [-0.1, -0.05) is 37.3 Å². The molecule has 1 aliphatic heterocycles. The molecule has 12 nitrogen and oxygen atoms in total. The van der Waals surface area contributed by atoms with Crippen LogP contribution in [0.3, 0.4) is 0 Å². The topological polar surface area (TPSA) is 153 Å². The van der Waals surface area contributed by atoms with Crippen LogP contribution in [0, 0.1) is 5.92 Å². The number of hydrogen-bond donors (Lipinski definition) is 2. The van der Waals surface area contributed by atoms with Gasteiger partial charge in [0.25, 0.3) is 0 Å². The molecule has 0 bridgehead atoms. The first-order valence-corrected chi connectivity index (χ1v) is 17.6. The van der Waals surface area contributed by atoms with E-state index in [-0.39, 0.29) is 18.5 Å². The van der Waals surface area contributed by atoms with Gasteiger partial charge in [0.05, 0.1) is 35.7 Å². The molecule has 48 heavy (non-hydrogen) atoms. The van der Waals surface area contributed by atoms with Gasteiger partial charge in [-0.2, -0.15) is 4.72 Å². The Morgan fingerprint density at radius 3 is 2.44 bits per heavy atom. The van der Waals surface area contributed by atoms with E-state index in [1.54, 1.807) is 40.9 Å². The van der Waals surface area contributed by atoms with E-state index in [1.807, 2.05) is 54.5 Å². The number of nitrogens with one attached hydrogen (secondary N) is 2. The maximum Gasteiger partial charge on any atom is 0.411 e. The second-order valence-corrected chi connectivity index (χ2v) is 15.5. The Bertz CT molecular complexity index is 1900. The average Bonchev–Trinajstić information content (AvgIpc) is 3.95. The van der Waals surface area contributed by atoms with E-state index in [1.165, 1.54) is 4.90 Å². The monoisotopic (exact) mass is 676 g/mol. The van der Waals surface area contributed by atoms with Crippen molar-refractivity contribution in [3.8, 4) is 22.8 Å². The Labute approximate surface area is 279 Å². The second-order valence-electron chi connectivity index (χ2n) is 13.5. The molecule has 3 fully saturated rings. The van der Waals surface area contributed by atoms with Crippen LogP contribution in [0.15, 0.2) is 60.2 Å². The molecule has 6 rings (SSSR count). The fraction of sp³-hybridized carbons (Fsp3) is 0.457. The van der Waals surface area contributed by atoms with E-state index in [2.05, 4.69) is 10.0 Å². The highest BCUT2D eigenvalue weighted by atomic mass is 32.2. The normalized spacial score (nSPS) is 23.8. The predicted octanol–water partition coefficient (Wildman–Crippen LogP) is 4.36. The van der Waals surface area contributed by atoms with Crippen molar-refractivity contribution in [2.45, 2.75) is 82.0 Å². The number of carbonyl (C=O) groups is 2. The molecule has 3 aliphatic rings. The van der Waals surface area contributed by atoms with Gasteiger partial charge in [-0.05, 0) is 52.2 Å². The molecule has 254 valence electrons. The number of methoxy groups -OCH3 is 1. The molecular formula is C35H40N4O8S. The highest BCUT2D eigenvalue weighted by Gasteiger charge is 2.65. The Kier molecular flexibility index (Phi) is 8.74. The van der Waals surface area contributed by atoms with E-state index in [4.69, 9.17) is 19.2 Å². The average molecular weight is 677 g/mol. The first-order valence-electron chi connectivity index (χ1n) is 16.1. The number of pyridine rings is 1. The molecule has 1 saturated heterocycles. The third-order valence-electron chi connectivity index (χ3n) is 8.85. The molecular weight excluding hydrogens is 636 g/mol. The molecule has 1 aromatic heterocycles. The molecule has 3 aromatic rings. The van der Waals surface area contributed by atoms with Crippen molar-refractivity contribution in [1.82, 2.24) is 19.9 Å². The first kappa shape index (κ1) is 33.5. The maximum absolute atomic E-state index is 14.1. The molecule has 2 aliphatic carbocycles. The van der Waals surface area contributed by atoms with Crippen LogP contribution in [0.2, 0.25) is 0 Å². The summed E-state index contributed by atoms with van der Waals surface area (Å²) >= 11 is 0. The third kappa shape index (κ3) is 6.63. The summed E-state index contributed by atoms with van der Waals surface area (Å²) in [6.45, 7) is 7.00. The van der Waals surface area contributed by atoms with Crippen molar-refractivity contribution in [2.24, 2.45) is 5.92 Å². The van der Waals surface area contributed by atoms with E-state index < -0.39 is 56.6 Å². The zero-order valence-corrected chi connectivity index (χ0v) is 28.4. The number of fused-ring (bicyclic) bond motifs is 1. The largest absolute Gasteiger partial charge is 0.497 e. The summed E-state index contributed by atoms with van der Waals surface area (Å²) in [7, 11) is -2.23. The molecule has 4 atom stereocenters. The first-order chi connectivity index (χ1) is 22.8. The van der Waals surface area contributed by atoms with Crippen molar-refractivity contribution in [2.75, 3.05) is 13.7 Å². The van der Waals surface area contributed by atoms with E-state index >= 15 is 0 Å². The van der Waals surface area contributed by atoms with Crippen LogP contribution in [0.1, 0.15) is 53.4 Å². The van der Waals surface area contributed by atoms with Crippen LogP contribution >= 0.6 is 0 Å². The lowest BCUT2D eigenvalue weighted by molar-refractivity contribution is -0.126. The minimum atomic E-state index is -3.80. The summed E-state index contributed by atoms with van der Waals surface area (Å²) in [4.78, 5) is 45.6. The molecule has 2 aromatic carbocycles. The van der Waals surface area contributed by atoms with Gasteiger partial charge in [0.15, 0.2) is 0 Å². The Morgan fingerprint density at radius 2 is 1.83 bits per heavy atom. The Balaban J connectivity index is 1.32. The quantitative estimate of drug-likeness (QED) is 0.236. The van der Waals surface area contributed by atoms with Gasteiger partial charge < -0.3 is 19.5 Å². The van der Waals surface area contributed by atoms with Crippen LogP contribution < -0.4 is 19.5 Å². The molecule has 2 amide bonds. The number of amides is 2. The molecule has 2 N–H and O–H groups in total. The lowest BCUT2D eigenvalue weighted by atomic mass is 10.1. The Hall–Kier alpha value is -4.45. The summed E-state index contributed by atoms with van der Waals surface area (Å²) in [6.07, 6.45) is 0.123. The van der Waals surface area contributed by atoms with Crippen LogP contribution in [-0.4, -0.2) is 78.6 Å². The summed E-state index contributed by atoms with van der Waals surface area (Å²) in [5.74, 6) is 1.77. The summed E-state index contributed by atoms with van der Waals surface area (Å²) in [6, 6.07) is 15.8. The van der Waals surface area contributed by atoms with Gasteiger partial charge in [0.2, 0.25) is 15.9 Å². The number of likely N-dealkylation sites (tertiary alicyclic amines) is 1. The summed E-state index contributed by atoms with van der Waals surface area (Å²) in [5, 5.41) is 2.94. The van der Waals surface area contributed by atoms with Crippen molar-refractivity contribution in [3.05, 3.63) is 60.2 Å². The standard InChI is InChI=1S/C35H40N4O8S/c1-6-26-27(20-40)35(26,38-48(43,44)24-13-14-24)37-32(41)30-17-23(19-39(30)33(42)47-34(2,3)4)46-31-18-28(21-10-8-7-9-11-21)36-29-16-22(45-5)12-15-25(29)31/h7-12,15-16,18,23-24,26,30,38H,6,13-14,17,19H2,1-5H3,(H,37,41). The minimum absolute atomic E-state index is 0.0159. The predicted molar refractivity (Wildman–Crippen MR) is 178 cm³/mol. The number of carbonyl (C=O) groups excluding carboxylic acids is 3. The van der Waals surface area contributed by atoms with Gasteiger partial charge >= 0.3 is 6.09 Å². The molecule has 2 heterocycles. The highest BCUT2D eigenvalue weighted by Crippen LogP contribution is 2.50. The number of benzene rings is 2. The number of nitrogens with zero attached hydrogens (tertiary/aromatic N) is 2. The van der Waals surface area contributed by atoms with Crippen molar-refractivity contribution in [3.63, 3.8) is 0 Å². The molecule has 0 spiro atoms. The SMILES string of the molecule is CCC1C(=C=O)C1(NC(=O)C1CC(Oc2cc(-c3ccccc3)nc3cc(OC)ccc23)CN1C(=O)OC(C)(C)C)NS(=O)(=O)C1CC1. The molecule has 0 radical (unpaired) electrons. The Morgan fingerprint density at radius 1 is 1.10 bits per heavy atom. The minimum Gasteiger partial charge on any atom is -0.497 e. The number of aromatic nitrogens is 1. The molecule has 4 unspecified atom stereocenters. The zero-order valence-electron chi connectivity index (χ0n) is 27.6. The van der Waals surface area contributed by atoms with Gasteiger partial charge in [-0.15, -0.1) is 0 Å². The van der Waals surface area contributed by atoms with E-state index in [9.17, 15) is 22.8 Å². The smallest absolute Gasteiger partial charge is 0.411 e. The number of sulfonamides is 1. The van der Waals surface area contributed by atoms with Crippen molar-refractivity contribution in [1.29, 1.82) is 0 Å². The lowest BCUT2D eigenvalue weighted by Crippen LogP contribution is -2.57. The van der Waals surface area contributed by atoms with Gasteiger partial charge in [-0.25, -0.2) is 23.0 Å². The maximum atomic E-state index is 14.1. The fourth-order valence-corrected chi connectivity index (χ4v) is 7.99. The fourth-order valence-electron chi connectivity index (χ4n) is 6.31. The lowest BCUT2D eigenvalue weighted by Gasteiger charge is -2.29. The number of ether oxygens (including phenoxy) is 3.